The molecule has 0 aromatic rings. The van der Waals surface area contributed by atoms with Gasteiger partial charge in [0.25, 0.3) is 0 Å². The lowest BCUT2D eigenvalue weighted by molar-refractivity contribution is 0.00195. The van der Waals surface area contributed by atoms with E-state index in [-0.39, 0.29) is 18.6 Å². The van der Waals surface area contributed by atoms with Gasteiger partial charge in [0.15, 0.2) is 5.76 Å². The highest BCUT2D eigenvalue weighted by molar-refractivity contribution is 5.24. The average Bonchev–Trinajstić information content (AvgIpc) is 2.16. The Bertz CT molecular complexity index is 255. The van der Waals surface area contributed by atoms with Gasteiger partial charge in [-0.25, -0.2) is 0 Å². The van der Waals surface area contributed by atoms with Crippen LogP contribution in [0.5, 0.6) is 0 Å². The van der Waals surface area contributed by atoms with E-state index in [9.17, 15) is 0 Å². The average molecular weight is 182 g/mol. The predicted octanol–water partition coefficient (Wildman–Crippen LogP) is 1.20. The minimum atomic E-state index is 0.129. The molecule has 2 aliphatic rings. The van der Waals surface area contributed by atoms with E-state index in [1.165, 1.54) is 0 Å². The summed E-state index contributed by atoms with van der Waals surface area (Å²) in [6.07, 6.45) is 4.75. The Morgan fingerprint density at radius 2 is 2.46 bits per heavy atom. The van der Waals surface area contributed by atoms with Crippen molar-refractivity contribution in [3.8, 4) is 0 Å². The molecule has 2 rings (SSSR count). The molecule has 0 bridgehead atoms. The Morgan fingerprint density at radius 1 is 1.62 bits per heavy atom. The van der Waals surface area contributed by atoms with Crippen molar-refractivity contribution >= 4 is 0 Å². The standard InChI is InChI=1S/C10H14O3/c1-7-6-12-9-3-2-8(5-11)4-10(9)13-7/h2-3,7-8,11H,4-6H2,1H3. The van der Waals surface area contributed by atoms with E-state index < -0.39 is 0 Å². The molecule has 0 saturated carbocycles. The molecule has 1 aliphatic heterocycles. The fraction of sp³-hybridized carbons (Fsp3) is 0.600. The summed E-state index contributed by atoms with van der Waals surface area (Å²) in [5, 5.41) is 8.98. The van der Waals surface area contributed by atoms with E-state index in [4.69, 9.17) is 14.6 Å². The molecular formula is C10H14O3. The molecule has 0 fully saturated rings. The van der Waals surface area contributed by atoms with Crippen molar-refractivity contribution in [3.63, 3.8) is 0 Å². The van der Waals surface area contributed by atoms with Crippen molar-refractivity contribution in [1.29, 1.82) is 0 Å². The van der Waals surface area contributed by atoms with Gasteiger partial charge in [-0.3, -0.25) is 0 Å². The number of aliphatic hydroxyl groups is 1. The molecule has 3 heteroatoms. The van der Waals surface area contributed by atoms with Gasteiger partial charge in [0.1, 0.15) is 18.5 Å². The molecule has 1 aliphatic carbocycles. The van der Waals surface area contributed by atoms with Gasteiger partial charge in [-0.2, -0.15) is 0 Å². The first-order valence-corrected chi connectivity index (χ1v) is 4.61. The highest BCUT2D eigenvalue weighted by Crippen LogP contribution is 2.29. The van der Waals surface area contributed by atoms with Gasteiger partial charge < -0.3 is 14.6 Å². The Labute approximate surface area is 77.7 Å². The number of hydrogen-bond acceptors (Lipinski definition) is 3. The monoisotopic (exact) mass is 182 g/mol. The zero-order valence-electron chi connectivity index (χ0n) is 7.69. The second-order valence-electron chi connectivity index (χ2n) is 3.53. The molecule has 0 saturated heterocycles. The second kappa shape index (κ2) is 3.42. The third-order valence-corrected chi connectivity index (χ3v) is 2.29. The molecule has 0 amide bonds. The van der Waals surface area contributed by atoms with Crippen LogP contribution in [-0.2, 0) is 9.47 Å². The van der Waals surface area contributed by atoms with E-state index in [1.807, 2.05) is 19.1 Å². The molecule has 13 heavy (non-hydrogen) atoms. The number of allylic oxidation sites excluding steroid dienone is 2. The first-order valence-electron chi connectivity index (χ1n) is 4.61. The summed E-state index contributed by atoms with van der Waals surface area (Å²) in [5.41, 5.74) is 0. The van der Waals surface area contributed by atoms with Gasteiger partial charge in [0.05, 0.1) is 0 Å². The molecule has 2 unspecified atom stereocenters. The molecule has 0 radical (unpaired) electrons. The topological polar surface area (TPSA) is 38.7 Å². The van der Waals surface area contributed by atoms with E-state index in [0.717, 1.165) is 17.9 Å². The smallest absolute Gasteiger partial charge is 0.156 e. The minimum Gasteiger partial charge on any atom is -0.488 e. The SMILES string of the molecule is CC1COC2=C(CC(CO)C=C2)O1. The van der Waals surface area contributed by atoms with Gasteiger partial charge in [-0.15, -0.1) is 0 Å². The fourth-order valence-corrected chi connectivity index (χ4v) is 1.57. The van der Waals surface area contributed by atoms with E-state index in [0.29, 0.717) is 6.61 Å². The molecule has 3 nitrogen and oxygen atoms in total. The van der Waals surface area contributed by atoms with Crippen LogP contribution in [0.25, 0.3) is 0 Å². The molecular weight excluding hydrogens is 168 g/mol. The number of hydrogen-bond donors (Lipinski definition) is 1. The lowest BCUT2D eigenvalue weighted by Gasteiger charge is -2.29. The molecule has 1 N–H and O–H groups in total. The van der Waals surface area contributed by atoms with Crippen molar-refractivity contribution in [2.24, 2.45) is 5.92 Å². The van der Waals surface area contributed by atoms with E-state index >= 15 is 0 Å². The minimum absolute atomic E-state index is 0.129. The maximum absolute atomic E-state index is 8.98. The van der Waals surface area contributed by atoms with Gasteiger partial charge in [-0.05, 0) is 13.0 Å². The first-order chi connectivity index (χ1) is 6.29. The summed E-state index contributed by atoms with van der Waals surface area (Å²) in [6.45, 7) is 2.77. The van der Waals surface area contributed by atoms with Crippen LogP contribution in [0.4, 0.5) is 0 Å². The van der Waals surface area contributed by atoms with Gasteiger partial charge in [-0.1, -0.05) is 6.08 Å². The summed E-state index contributed by atoms with van der Waals surface area (Å²) < 4.78 is 11.1. The van der Waals surface area contributed by atoms with Gasteiger partial charge >= 0.3 is 0 Å². The Balaban J connectivity index is 2.12. The van der Waals surface area contributed by atoms with Gasteiger partial charge in [0, 0.05) is 18.9 Å². The zero-order valence-corrected chi connectivity index (χ0v) is 7.69. The molecule has 72 valence electrons. The quantitative estimate of drug-likeness (QED) is 0.662. The maximum Gasteiger partial charge on any atom is 0.156 e. The normalized spacial score (nSPS) is 32.2. The van der Waals surface area contributed by atoms with Crippen LogP contribution in [0.2, 0.25) is 0 Å². The van der Waals surface area contributed by atoms with Gasteiger partial charge in [0.2, 0.25) is 0 Å². The van der Waals surface area contributed by atoms with Crippen LogP contribution >= 0.6 is 0 Å². The lowest BCUT2D eigenvalue weighted by Crippen LogP contribution is -2.25. The fourth-order valence-electron chi connectivity index (χ4n) is 1.57. The Kier molecular flexibility index (Phi) is 2.27. The van der Waals surface area contributed by atoms with Crippen molar-refractivity contribution in [2.45, 2.75) is 19.4 Å². The molecule has 0 spiro atoms. The summed E-state index contributed by atoms with van der Waals surface area (Å²) in [7, 11) is 0. The van der Waals surface area contributed by atoms with Crippen molar-refractivity contribution < 1.29 is 14.6 Å². The van der Waals surface area contributed by atoms with Crippen LogP contribution in [-0.4, -0.2) is 24.4 Å². The second-order valence-corrected chi connectivity index (χ2v) is 3.53. The predicted molar refractivity (Wildman–Crippen MR) is 47.9 cm³/mol. The third-order valence-electron chi connectivity index (χ3n) is 2.29. The summed E-state index contributed by atoms with van der Waals surface area (Å²) in [6, 6.07) is 0. The largest absolute Gasteiger partial charge is 0.488 e. The number of ether oxygens (including phenoxy) is 2. The summed E-state index contributed by atoms with van der Waals surface area (Å²) >= 11 is 0. The Morgan fingerprint density at radius 3 is 3.23 bits per heavy atom. The Hall–Kier alpha value is -0.960. The maximum atomic E-state index is 8.98. The van der Waals surface area contributed by atoms with E-state index in [1.54, 1.807) is 0 Å². The van der Waals surface area contributed by atoms with Crippen molar-refractivity contribution in [3.05, 3.63) is 23.7 Å². The summed E-state index contributed by atoms with van der Waals surface area (Å²) in [5.74, 6) is 1.91. The summed E-state index contributed by atoms with van der Waals surface area (Å²) in [4.78, 5) is 0. The van der Waals surface area contributed by atoms with Crippen LogP contribution in [0.1, 0.15) is 13.3 Å². The van der Waals surface area contributed by atoms with Crippen molar-refractivity contribution in [1.82, 2.24) is 0 Å². The van der Waals surface area contributed by atoms with Crippen LogP contribution in [0.15, 0.2) is 23.7 Å². The molecule has 0 aromatic heterocycles. The number of rotatable bonds is 1. The van der Waals surface area contributed by atoms with E-state index in [2.05, 4.69) is 0 Å². The van der Waals surface area contributed by atoms with Crippen LogP contribution in [0, 0.1) is 5.92 Å². The number of aliphatic hydroxyl groups excluding tert-OH is 1. The van der Waals surface area contributed by atoms with Crippen LogP contribution < -0.4 is 0 Å². The molecule has 0 aromatic carbocycles. The zero-order chi connectivity index (χ0) is 9.26. The highest BCUT2D eigenvalue weighted by atomic mass is 16.6. The molecule has 1 heterocycles. The molecule has 2 atom stereocenters. The highest BCUT2D eigenvalue weighted by Gasteiger charge is 2.24. The lowest BCUT2D eigenvalue weighted by atomic mass is 9.99. The van der Waals surface area contributed by atoms with Crippen LogP contribution in [0.3, 0.4) is 0 Å². The third kappa shape index (κ3) is 1.70. The van der Waals surface area contributed by atoms with Crippen molar-refractivity contribution in [2.75, 3.05) is 13.2 Å². The first kappa shape index (κ1) is 8.63.